The van der Waals surface area contributed by atoms with Crippen LogP contribution in [-0.2, 0) is 0 Å². The number of rotatable bonds is 0. The first kappa shape index (κ1) is 12.4. The van der Waals surface area contributed by atoms with E-state index >= 15 is 0 Å². The van der Waals surface area contributed by atoms with Gasteiger partial charge >= 0.3 is 0 Å². The molecule has 0 bridgehead atoms. The van der Waals surface area contributed by atoms with Crippen molar-refractivity contribution in [2.24, 2.45) is 5.41 Å². The van der Waals surface area contributed by atoms with Gasteiger partial charge in [-0.05, 0) is 25.3 Å². The van der Waals surface area contributed by atoms with Crippen LogP contribution in [0.5, 0.6) is 0 Å². The molecule has 1 spiro atoms. The Kier molecular flexibility index (Phi) is 3.33. The minimum Gasteiger partial charge on any atom is -0.310 e. The lowest BCUT2D eigenvalue weighted by Gasteiger charge is -2.53. The van der Waals surface area contributed by atoms with Crippen LogP contribution in [0.2, 0.25) is 0 Å². The minimum atomic E-state index is 0.380. The molecule has 1 saturated carbocycles. The normalized spacial score (nSPS) is 31.9. The lowest BCUT2D eigenvalue weighted by Crippen LogP contribution is -2.66. The minimum absolute atomic E-state index is 0.380. The fraction of sp³-hybridized carbons (Fsp3) is 1.00. The van der Waals surface area contributed by atoms with Crippen molar-refractivity contribution in [1.82, 2.24) is 10.2 Å². The Morgan fingerprint density at radius 2 is 1.75 bits per heavy atom. The highest BCUT2D eigenvalue weighted by molar-refractivity contribution is 5.01. The van der Waals surface area contributed by atoms with Gasteiger partial charge in [0.1, 0.15) is 0 Å². The molecule has 0 amide bonds. The van der Waals surface area contributed by atoms with Gasteiger partial charge in [-0.25, -0.2) is 0 Å². The predicted octanol–water partition coefficient (Wildman–Crippen LogP) is 2.64. The van der Waals surface area contributed by atoms with Gasteiger partial charge < -0.3 is 5.32 Å². The molecule has 1 aliphatic carbocycles. The topological polar surface area (TPSA) is 15.3 Å². The molecular weight excluding hydrogens is 196 g/mol. The van der Waals surface area contributed by atoms with Crippen molar-refractivity contribution < 1.29 is 0 Å². The molecule has 0 aromatic carbocycles. The van der Waals surface area contributed by atoms with Crippen molar-refractivity contribution in [3.63, 3.8) is 0 Å². The van der Waals surface area contributed by atoms with Crippen molar-refractivity contribution in [2.75, 3.05) is 20.1 Å². The highest BCUT2D eigenvalue weighted by Crippen LogP contribution is 2.36. The van der Waals surface area contributed by atoms with Crippen LogP contribution in [0.1, 0.15) is 52.9 Å². The Balaban J connectivity index is 2.02. The van der Waals surface area contributed by atoms with Gasteiger partial charge in [0.2, 0.25) is 0 Å². The van der Waals surface area contributed by atoms with E-state index in [2.05, 4.69) is 38.0 Å². The van der Waals surface area contributed by atoms with E-state index in [0.29, 0.717) is 17.0 Å². The summed E-state index contributed by atoms with van der Waals surface area (Å²) >= 11 is 0. The molecular formula is C14H28N2. The fourth-order valence-corrected chi connectivity index (χ4v) is 3.33. The van der Waals surface area contributed by atoms with Crippen LogP contribution < -0.4 is 5.32 Å². The summed E-state index contributed by atoms with van der Waals surface area (Å²) in [5.74, 6) is 0. The molecule has 1 heterocycles. The van der Waals surface area contributed by atoms with Gasteiger partial charge in [-0.3, -0.25) is 4.90 Å². The van der Waals surface area contributed by atoms with Crippen LogP contribution in [-0.4, -0.2) is 36.6 Å². The average Bonchev–Trinajstić information content (AvgIpc) is 2.22. The lowest BCUT2D eigenvalue weighted by atomic mass is 9.76. The van der Waals surface area contributed by atoms with Gasteiger partial charge in [-0.15, -0.1) is 0 Å². The van der Waals surface area contributed by atoms with Gasteiger partial charge in [0, 0.05) is 24.7 Å². The zero-order valence-electron chi connectivity index (χ0n) is 11.5. The lowest BCUT2D eigenvalue weighted by molar-refractivity contribution is 0.00938. The van der Waals surface area contributed by atoms with Gasteiger partial charge in [0.25, 0.3) is 0 Å². The number of nitrogens with zero attached hydrogens (tertiary/aromatic N) is 1. The van der Waals surface area contributed by atoms with Crippen LogP contribution in [0.25, 0.3) is 0 Å². The average molecular weight is 224 g/mol. The summed E-state index contributed by atoms with van der Waals surface area (Å²) < 4.78 is 0. The van der Waals surface area contributed by atoms with E-state index in [9.17, 15) is 0 Å². The second kappa shape index (κ2) is 4.30. The van der Waals surface area contributed by atoms with Gasteiger partial charge in [-0.2, -0.15) is 0 Å². The zero-order valence-corrected chi connectivity index (χ0v) is 11.5. The summed E-state index contributed by atoms with van der Waals surface area (Å²) in [6.45, 7) is 9.45. The van der Waals surface area contributed by atoms with Crippen LogP contribution >= 0.6 is 0 Å². The van der Waals surface area contributed by atoms with Crippen LogP contribution in [0.3, 0.4) is 0 Å². The quantitative estimate of drug-likeness (QED) is 0.680. The van der Waals surface area contributed by atoms with E-state index in [-0.39, 0.29) is 0 Å². The Hall–Kier alpha value is -0.0800. The smallest absolute Gasteiger partial charge is 0.0331 e. The van der Waals surface area contributed by atoms with Crippen molar-refractivity contribution in [2.45, 2.75) is 64.5 Å². The molecule has 2 aliphatic rings. The van der Waals surface area contributed by atoms with E-state index in [4.69, 9.17) is 0 Å². The maximum absolute atomic E-state index is 3.81. The summed E-state index contributed by atoms with van der Waals surface area (Å²) in [6.07, 6.45) is 7.08. The summed E-state index contributed by atoms with van der Waals surface area (Å²) in [5.41, 5.74) is 0.866. The Morgan fingerprint density at radius 3 is 2.25 bits per heavy atom. The second-order valence-electron chi connectivity index (χ2n) is 6.97. The summed E-state index contributed by atoms with van der Waals surface area (Å²) in [6, 6.07) is 0.644. The Labute approximate surface area is 101 Å². The molecule has 0 aromatic heterocycles. The largest absolute Gasteiger partial charge is 0.310 e. The first-order chi connectivity index (χ1) is 7.44. The number of hydrogen-bond acceptors (Lipinski definition) is 2. The third-order valence-corrected chi connectivity index (χ3v) is 4.77. The van der Waals surface area contributed by atoms with E-state index in [1.165, 1.54) is 45.2 Å². The van der Waals surface area contributed by atoms with Gasteiger partial charge in [0.05, 0.1) is 0 Å². The maximum atomic E-state index is 3.81. The summed E-state index contributed by atoms with van der Waals surface area (Å²) in [7, 11) is 2.34. The van der Waals surface area contributed by atoms with Crippen molar-refractivity contribution in [3.05, 3.63) is 0 Å². The molecule has 1 atom stereocenters. The second-order valence-corrected chi connectivity index (χ2v) is 6.97. The molecule has 16 heavy (non-hydrogen) atoms. The maximum Gasteiger partial charge on any atom is 0.0331 e. The molecule has 0 radical (unpaired) electrons. The van der Waals surface area contributed by atoms with Crippen molar-refractivity contribution in [3.8, 4) is 0 Å². The highest BCUT2D eigenvalue weighted by Gasteiger charge is 2.42. The van der Waals surface area contributed by atoms with Crippen LogP contribution in [0.15, 0.2) is 0 Å². The molecule has 2 heteroatoms. The molecule has 0 aromatic rings. The number of hydrogen-bond donors (Lipinski definition) is 1. The molecule has 2 nitrogen and oxygen atoms in total. The van der Waals surface area contributed by atoms with Gasteiger partial charge in [-0.1, -0.05) is 40.0 Å². The molecule has 2 fully saturated rings. The fourth-order valence-electron chi connectivity index (χ4n) is 3.33. The molecule has 1 N–H and O–H groups in total. The zero-order chi connectivity index (χ0) is 11.8. The third kappa shape index (κ3) is 2.28. The Bertz CT molecular complexity index is 236. The summed E-state index contributed by atoms with van der Waals surface area (Å²) in [4.78, 5) is 2.65. The van der Waals surface area contributed by atoms with E-state index in [0.717, 1.165) is 0 Å². The standard InChI is InChI=1S/C14H28N2/c1-13(2,3)12-10-16(4)14(11-15-12)8-6-5-7-9-14/h12,15H,5-11H2,1-4H3. The van der Waals surface area contributed by atoms with E-state index < -0.39 is 0 Å². The highest BCUT2D eigenvalue weighted by atomic mass is 15.3. The molecule has 1 saturated heterocycles. The van der Waals surface area contributed by atoms with Crippen LogP contribution in [0.4, 0.5) is 0 Å². The monoisotopic (exact) mass is 224 g/mol. The van der Waals surface area contributed by atoms with Gasteiger partial charge in [0.15, 0.2) is 0 Å². The summed E-state index contributed by atoms with van der Waals surface area (Å²) in [5, 5.41) is 3.81. The SMILES string of the molecule is CN1CC(C(C)(C)C)NCC12CCCCC2. The number of nitrogens with one attached hydrogen (secondary N) is 1. The molecule has 1 unspecified atom stereocenters. The molecule has 94 valence electrons. The Morgan fingerprint density at radius 1 is 1.12 bits per heavy atom. The predicted molar refractivity (Wildman–Crippen MR) is 69.7 cm³/mol. The van der Waals surface area contributed by atoms with E-state index in [1.807, 2.05) is 0 Å². The molecule has 2 rings (SSSR count). The van der Waals surface area contributed by atoms with Crippen molar-refractivity contribution >= 4 is 0 Å². The first-order valence-electron chi connectivity index (χ1n) is 6.89. The first-order valence-corrected chi connectivity index (χ1v) is 6.89. The van der Waals surface area contributed by atoms with Crippen LogP contribution in [0, 0.1) is 5.41 Å². The molecule has 1 aliphatic heterocycles. The van der Waals surface area contributed by atoms with E-state index in [1.54, 1.807) is 0 Å². The number of piperazine rings is 1. The van der Waals surface area contributed by atoms with Crippen molar-refractivity contribution in [1.29, 1.82) is 0 Å². The third-order valence-electron chi connectivity index (χ3n) is 4.77. The number of likely N-dealkylation sites (N-methyl/N-ethyl adjacent to an activating group) is 1.